The molecule has 1 amide bonds. The Morgan fingerprint density at radius 3 is 1.29 bits per heavy atom. The number of nitrogens with zero attached hydrogens (tertiary/aromatic N) is 12. The number of ether oxygens (including phenoxy) is 8. The highest BCUT2D eigenvalue weighted by atomic mass is 35.7. The fourth-order valence-electron chi connectivity index (χ4n) is 14.6. The summed E-state index contributed by atoms with van der Waals surface area (Å²) in [5.41, 5.74) is 3.03. The molecule has 8 aliphatic rings. The number of halogens is 3. The van der Waals surface area contributed by atoms with E-state index < -0.39 is 65.0 Å². The second kappa shape index (κ2) is 50.0. The Kier molecular flexibility index (Phi) is 42.2. The standard InChI is InChI=1S/C22H32N6O4S.C17H28N4O2.C15H28N2O3.C10H20N2O.C10H18O5.C7H9ClN2O.C5H3Cl2NO2S/c1-22(2,29)17-12-25-21(26-13-17)28-8-7-27(15-18(28)11-16-5-9-32-10-6-16)33(30,31)19-3-4-20(23)24-14-19;1-17(2,22)14-10-19-16(20-11-14)21-6-5-18-12-15(21)9-13-3-7-23-8-4-13;1-15(2,3)20-14(18)17-7-6-16-13(11-17)10-12-4-8-19-9-5-12;1-5-13-6-2-9(1)7-10-8-11-3-4-12-10;1-9(2,3)14-7(11)13-8(12)15-10(4,5)6;1-7(2,11)5-3-9-6(8)10-4-5;6-5-2-1-4(3-8-5)11(7,9)10/h3-4,12-14,16,18,29H,5-11,15H2,1-2H3,(H2,23,24);10-11,13,15,18,22H,3-9,12H2,1-2H3;12-13,16H,4-11H2,1-3H3;9-12H,1-8H2;1-6H3;3-4,11H,1-2H3;1-3H/t18-;15-;13-;10-;;;/m0000.../s1. The Hall–Kier alpha value is -6.76. The fourth-order valence-corrected chi connectivity index (χ4v) is 16.9. The summed E-state index contributed by atoms with van der Waals surface area (Å²) in [6.07, 6.45) is 23.4. The molecular formula is C86H138Cl3N17O18S2. The third-order valence-electron chi connectivity index (χ3n) is 21.5. The smallest absolute Gasteiger partial charge is 0.444 e. The summed E-state index contributed by atoms with van der Waals surface area (Å²) in [7, 11) is -2.36. The third kappa shape index (κ3) is 39.5. The van der Waals surface area contributed by atoms with E-state index in [-0.39, 0.29) is 38.2 Å². The van der Waals surface area contributed by atoms with E-state index in [1.165, 1.54) is 66.4 Å². The van der Waals surface area contributed by atoms with Crippen LogP contribution in [0.3, 0.4) is 0 Å². The van der Waals surface area contributed by atoms with Gasteiger partial charge in [0.15, 0.2) is 0 Å². The first kappa shape index (κ1) is 106. The number of aliphatic hydroxyl groups is 3. The average molecular weight is 1870 g/mol. The van der Waals surface area contributed by atoms with Gasteiger partial charge in [0.2, 0.25) is 27.2 Å². The van der Waals surface area contributed by atoms with Gasteiger partial charge in [0, 0.05) is 233 Å². The summed E-state index contributed by atoms with van der Waals surface area (Å²) in [5, 5.41) is 44.1. The minimum atomic E-state index is -3.69. The molecule has 5 aromatic rings. The number of carbonyl (C=O) groups excluding carboxylic acids is 3. The van der Waals surface area contributed by atoms with Crippen molar-refractivity contribution in [3.05, 3.63) is 101 Å². The molecule has 0 radical (unpaired) electrons. The van der Waals surface area contributed by atoms with Gasteiger partial charge in [-0.2, -0.15) is 4.31 Å². The first-order chi connectivity index (χ1) is 59.1. The molecule has 13 heterocycles. The lowest BCUT2D eigenvalue weighted by molar-refractivity contribution is -0.0295. The van der Waals surface area contributed by atoms with Crippen molar-refractivity contribution in [1.82, 2.24) is 70.3 Å². The molecule has 126 heavy (non-hydrogen) atoms. The van der Waals surface area contributed by atoms with Crippen molar-refractivity contribution in [3.63, 3.8) is 0 Å². The molecule has 8 aliphatic heterocycles. The molecule has 8 saturated heterocycles. The van der Waals surface area contributed by atoms with E-state index >= 15 is 0 Å². The van der Waals surface area contributed by atoms with Gasteiger partial charge in [-0.05, 0) is 240 Å². The second-order valence-corrected chi connectivity index (χ2v) is 42.3. The Morgan fingerprint density at radius 1 is 0.460 bits per heavy atom. The summed E-state index contributed by atoms with van der Waals surface area (Å²) >= 11 is 10.9. The van der Waals surface area contributed by atoms with Gasteiger partial charge in [-0.15, -0.1) is 0 Å². The maximum atomic E-state index is 13.3. The van der Waals surface area contributed by atoms with Crippen LogP contribution >= 0.6 is 33.9 Å². The van der Waals surface area contributed by atoms with Crippen molar-refractivity contribution in [3.8, 4) is 0 Å². The SMILES string of the molecule is C1CN[C@@H](CC2CCOCC2)CN1.CC(C)(C)OC(=O)N1CCN[C@@H](CC2CCOCC2)C1.CC(C)(C)OC(=O)OC(=O)OC(C)(C)C.CC(C)(O)c1cnc(Cl)nc1.CC(C)(O)c1cnc(N2CCN(S(=O)(=O)c3ccc(N)nc3)C[C@@H]2CC2CCOCC2)nc1.CC(C)(O)c1cnc(N2CCNC[C@@H]2CC2CCOCC2)nc1.O=S(=O)(Cl)c1ccc(Cl)nc1. The van der Waals surface area contributed by atoms with Crippen molar-refractivity contribution in [1.29, 1.82) is 0 Å². The number of sulfonamides is 1. The van der Waals surface area contributed by atoms with E-state index in [0.717, 1.165) is 205 Å². The number of anilines is 3. The van der Waals surface area contributed by atoms with E-state index in [4.69, 9.17) is 72.8 Å². The molecule has 0 aliphatic carbocycles. The molecule has 5 aromatic heterocycles. The van der Waals surface area contributed by atoms with Crippen LogP contribution in [-0.2, 0) is 73.8 Å². The first-order valence-electron chi connectivity index (χ1n) is 43.5. The largest absolute Gasteiger partial charge is 0.519 e. The van der Waals surface area contributed by atoms with Crippen molar-refractivity contribution in [2.45, 2.75) is 248 Å². The van der Waals surface area contributed by atoms with Crippen LogP contribution in [0.15, 0.2) is 83.6 Å². The van der Waals surface area contributed by atoms with Gasteiger partial charge in [0.05, 0.1) is 16.8 Å². The van der Waals surface area contributed by atoms with E-state index in [0.29, 0.717) is 60.8 Å². The normalized spacial score (nSPS) is 20.7. The summed E-state index contributed by atoms with van der Waals surface area (Å²) < 4.78 is 90.3. The Morgan fingerprint density at radius 2 is 0.873 bits per heavy atom. The highest BCUT2D eigenvalue weighted by Gasteiger charge is 2.39. The zero-order valence-electron chi connectivity index (χ0n) is 76.0. The highest BCUT2D eigenvalue weighted by Crippen LogP contribution is 2.33. The predicted octanol–water partition coefficient (Wildman–Crippen LogP) is 10.9. The maximum Gasteiger partial charge on any atom is 0.519 e. The number of nitrogens with one attached hydrogen (secondary N) is 4. The van der Waals surface area contributed by atoms with Crippen LogP contribution in [0.25, 0.3) is 0 Å². The van der Waals surface area contributed by atoms with Gasteiger partial charge in [0.1, 0.15) is 37.6 Å². The van der Waals surface area contributed by atoms with E-state index in [9.17, 15) is 46.5 Å². The molecular weight excluding hydrogens is 1730 g/mol. The van der Waals surface area contributed by atoms with Gasteiger partial charge in [0.25, 0.3) is 9.05 Å². The van der Waals surface area contributed by atoms with Crippen LogP contribution in [0, 0.1) is 23.7 Å². The molecule has 35 nitrogen and oxygen atoms in total. The van der Waals surface area contributed by atoms with Crippen molar-refractivity contribution in [2.75, 3.05) is 147 Å². The fraction of sp³-hybridized carbons (Fsp3) is 0.709. The van der Waals surface area contributed by atoms with Gasteiger partial charge in [-0.3, -0.25) is 0 Å². The van der Waals surface area contributed by atoms with E-state index in [1.54, 1.807) is 108 Å². The molecule has 40 heteroatoms. The second-order valence-electron chi connectivity index (χ2n) is 37.0. The van der Waals surface area contributed by atoms with Gasteiger partial charge < -0.3 is 94.9 Å². The zero-order chi connectivity index (χ0) is 92.7. The monoisotopic (exact) mass is 1870 g/mol. The first-order valence-corrected chi connectivity index (χ1v) is 48.0. The van der Waals surface area contributed by atoms with Gasteiger partial charge >= 0.3 is 18.4 Å². The number of pyridine rings is 2. The van der Waals surface area contributed by atoms with E-state index in [2.05, 4.69) is 75.7 Å². The van der Waals surface area contributed by atoms with E-state index in [1.807, 2.05) is 25.7 Å². The van der Waals surface area contributed by atoms with Crippen LogP contribution in [0.4, 0.5) is 32.1 Å². The third-order valence-corrected chi connectivity index (χ3v) is 25.1. The molecule has 13 rings (SSSR count). The predicted molar refractivity (Wildman–Crippen MR) is 482 cm³/mol. The Balaban J connectivity index is 0.000000209. The van der Waals surface area contributed by atoms with Crippen molar-refractivity contribution >= 4 is 89.1 Å². The summed E-state index contributed by atoms with van der Waals surface area (Å²) in [4.78, 5) is 73.5. The molecule has 0 aromatic carbocycles. The van der Waals surface area contributed by atoms with Crippen molar-refractivity contribution < 1.29 is 84.4 Å². The summed E-state index contributed by atoms with van der Waals surface area (Å²) in [5.74, 6) is 4.39. The number of piperazine rings is 4. The summed E-state index contributed by atoms with van der Waals surface area (Å²) in [6.45, 7) is 42.7. The lowest BCUT2D eigenvalue weighted by atomic mass is 9.91. The maximum absolute atomic E-state index is 13.3. The molecule has 9 N–H and O–H groups in total. The van der Waals surface area contributed by atoms with Crippen LogP contribution in [0.1, 0.15) is 198 Å². The van der Waals surface area contributed by atoms with Gasteiger partial charge in [-0.1, -0.05) is 11.6 Å². The number of carbonyl (C=O) groups is 3. The molecule has 0 saturated carbocycles. The minimum Gasteiger partial charge on any atom is -0.444 e. The molecule has 0 bridgehead atoms. The topological polar surface area (TPSA) is 444 Å². The molecule has 0 spiro atoms. The number of aromatic nitrogens is 8. The van der Waals surface area contributed by atoms with Crippen LogP contribution in [0.5, 0.6) is 0 Å². The molecule has 708 valence electrons. The number of nitrogens with two attached hydrogens (primary N) is 1. The number of hydrogen-bond donors (Lipinski definition) is 8. The lowest BCUT2D eigenvalue weighted by Crippen LogP contribution is -2.56. The van der Waals surface area contributed by atoms with Crippen LogP contribution < -0.4 is 36.8 Å². The lowest BCUT2D eigenvalue weighted by Gasteiger charge is -2.42. The highest BCUT2D eigenvalue weighted by molar-refractivity contribution is 8.13. The Labute approximate surface area is 759 Å². The van der Waals surface area contributed by atoms with Crippen molar-refractivity contribution in [2.24, 2.45) is 23.7 Å². The number of nitrogen functional groups attached to an aromatic ring is 1. The molecule has 0 unspecified atom stereocenters. The summed E-state index contributed by atoms with van der Waals surface area (Å²) in [6, 6.07) is 7.09. The molecule has 8 fully saturated rings. The average Bonchev–Trinajstić information content (AvgIpc) is 0.780. The number of hydrogen-bond acceptors (Lipinski definition) is 33. The molecule has 4 atom stereocenters. The van der Waals surface area contributed by atoms with Gasteiger partial charge in [-0.25, -0.2) is 71.1 Å². The van der Waals surface area contributed by atoms with Crippen LogP contribution in [-0.4, -0.2) is 272 Å². The number of rotatable bonds is 16. The van der Waals surface area contributed by atoms with Crippen LogP contribution in [0.2, 0.25) is 10.4 Å². The number of amides is 1. The minimum absolute atomic E-state index is 0.0523. The quantitative estimate of drug-likeness (QED) is 0.0114. The zero-order valence-corrected chi connectivity index (χ0v) is 79.9. The Bertz CT molecular complexity index is 4230.